The number of nitrogens with zero attached hydrogens (tertiary/aromatic N) is 2. The second kappa shape index (κ2) is 8.10. The molecule has 6 heteroatoms. The van der Waals surface area contributed by atoms with Crippen molar-refractivity contribution >= 4 is 17.2 Å². The summed E-state index contributed by atoms with van der Waals surface area (Å²) in [6.45, 7) is 7.20. The van der Waals surface area contributed by atoms with Crippen molar-refractivity contribution in [2.45, 2.75) is 39.3 Å². The van der Waals surface area contributed by atoms with Gasteiger partial charge in [0.1, 0.15) is 0 Å². The number of amides is 1. The molecular formula is C16H24N4OS. The second-order valence-corrected chi connectivity index (χ2v) is 6.42. The molecule has 2 aromatic heterocycles. The first-order chi connectivity index (χ1) is 10.6. The third-order valence-electron chi connectivity index (χ3n) is 3.77. The molecule has 0 aliphatic heterocycles. The number of carbonyl (C=O) groups is 1. The van der Waals surface area contributed by atoms with Gasteiger partial charge in [0.2, 0.25) is 5.91 Å². The normalized spacial score (nSPS) is 13.8. The van der Waals surface area contributed by atoms with Crippen molar-refractivity contribution in [3.8, 4) is 0 Å². The molecule has 120 valence electrons. The number of thiophene rings is 1. The molecule has 2 aromatic rings. The van der Waals surface area contributed by atoms with Crippen LogP contribution in [0, 0.1) is 6.92 Å². The van der Waals surface area contributed by atoms with Crippen molar-refractivity contribution in [1.82, 2.24) is 20.4 Å². The van der Waals surface area contributed by atoms with Gasteiger partial charge in [-0.2, -0.15) is 16.4 Å². The summed E-state index contributed by atoms with van der Waals surface area (Å²) < 4.78 is 1.93. The standard InChI is InChI=1S/C16H24N4OS/c1-12-8-19-20(10-12)14(3)13(2)18-9-16(21)17-6-4-15-5-7-22-11-15/h5,7-8,10-11,13-14,18H,4,6,9H2,1-3H3,(H,17,21)/t13-,14+/m1/s1. The Bertz CT molecular complexity index is 579. The van der Waals surface area contributed by atoms with Gasteiger partial charge in [-0.05, 0) is 55.1 Å². The summed E-state index contributed by atoms with van der Waals surface area (Å²) in [4.78, 5) is 11.8. The van der Waals surface area contributed by atoms with Crippen LogP contribution in [0.25, 0.3) is 0 Å². The lowest BCUT2D eigenvalue weighted by atomic mass is 10.1. The highest BCUT2D eigenvalue weighted by Crippen LogP contribution is 2.10. The van der Waals surface area contributed by atoms with Gasteiger partial charge in [-0.15, -0.1) is 0 Å². The molecule has 5 nitrogen and oxygen atoms in total. The second-order valence-electron chi connectivity index (χ2n) is 5.64. The fourth-order valence-electron chi connectivity index (χ4n) is 2.15. The van der Waals surface area contributed by atoms with Gasteiger partial charge in [0.25, 0.3) is 0 Å². The maximum Gasteiger partial charge on any atom is 0.233 e. The average molecular weight is 320 g/mol. The number of carbonyl (C=O) groups excluding carboxylic acids is 1. The van der Waals surface area contributed by atoms with Gasteiger partial charge >= 0.3 is 0 Å². The van der Waals surface area contributed by atoms with Crippen LogP contribution in [-0.2, 0) is 11.2 Å². The molecule has 0 radical (unpaired) electrons. The molecule has 2 rings (SSSR count). The van der Waals surface area contributed by atoms with Gasteiger partial charge in [0.05, 0.1) is 18.8 Å². The predicted molar refractivity (Wildman–Crippen MR) is 90.2 cm³/mol. The number of aryl methyl sites for hydroxylation is 1. The Balaban J connectivity index is 1.66. The number of hydrogen-bond acceptors (Lipinski definition) is 4. The van der Waals surface area contributed by atoms with E-state index in [0.717, 1.165) is 12.0 Å². The molecule has 0 aliphatic carbocycles. The van der Waals surface area contributed by atoms with Crippen LogP contribution in [0.5, 0.6) is 0 Å². The van der Waals surface area contributed by atoms with E-state index in [0.29, 0.717) is 13.1 Å². The van der Waals surface area contributed by atoms with E-state index in [4.69, 9.17) is 0 Å². The van der Waals surface area contributed by atoms with E-state index in [2.05, 4.69) is 46.4 Å². The van der Waals surface area contributed by atoms with E-state index < -0.39 is 0 Å². The molecule has 0 bridgehead atoms. The minimum Gasteiger partial charge on any atom is -0.355 e. The van der Waals surface area contributed by atoms with E-state index in [9.17, 15) is 4.79 Å². The Labute approximate surface area is 135 Å². The lowest BCUT2D eigenvalue weighted by Gasteiger charge is -2.21. The predicted octanol–water partition coefficient (Wildman–Crippen LogP) is 2.15. The molecule has 2 heterocycles. The number of nitrogens with one attached hydrogen (secondary N) is 2. The highest BCUT2D eigenvalue weighted by molar-refractivity contribution is 7.07. The fraction of sp³-hybridized carbons (Fsp3) is 0.500. The first kappa shape index (κ1) is 16.7. The highest BCUT2D eigenvalue weighted by Gasteiger charge is 2.15. The van der Waals surface area contributed by atoms with Crippen LogP contribution in [0.4, 0.5) is 0 Å². The van der Waals surface area contributed by atoms with Gasteiger partial charge in [-0.1, -0.05) is 0 Å². The summed E-state index contributed by atoms with van der Waals surface area (Å²) in [6, 6.07) is 2.46. The molecule has 0 aliphatic rings. The first-order valence-electron chi connectivity index (χ1n) is 7.58. The summed E-state index contributed by atoms with van der Waals surface area (Å²) in [5, 5.41) is 14.7. The molecule has 0 aromatic carbocycles. The molecule has 0 unspecified atom stereocenters. The average Bonchev–Trinajstić information content (AvgIpc) is 3.15. The molecule has 0 fully saturated rings. The summed E-state index contributed by atoms with van der Waals surface area (Å²) in [5.74, 6) is 0.0333. The maximum absolute atomic E-state index is 11.8. The summed E-state index contributed by atoms with van der Waals surface area (Å²) in [7, 11) is 0. The minimum absolute atomic E-state index is 0.0333. The van der Waals surface area contributed by atoms with Crippen molar-refractivity contribution in [1.29, 1.82) is 0 Å². The smallest absolute Gasteiger partial charge is 0.233 e. The third kappa shape index (κ3) is 4.96. The van der Waals surface area contributed by atoms with Gasteiger partial charge in [-0.3, -0.25) is 9.48 Å². The fourth-order valence-corrected chi connectivity index (χ4v) is 2.86. The van der Waals surface area contributed by atoms with E-state index in [1.807, 2.05) is 24.0 Å². The number of aromatic nitrogens is 2. The third-order valence-corrected chi connectivity index (χ3v) is 4.50. The van der Waals surface area contributed by atoms with Gasteiger partial charge in [0.15, 0.2) is 0 Å². The van der Waals surface area contributed by atoms with E-state index in [-0.39, 0.29) is 18.0 Å². The van der Waals surface area contributed by atoms with Crippen LogP contribution in [0.2, 0.25) is 0 Å². The van der Waals surface area contributed by atoms with Crippen molar-refractivity contribution in [3.05, 3.63) is 40.3 Å². The zero-order chi connectivity index (χ0) is 15.9. The Morgan fingerprint density at radius 2 is 2.27 bits per heavy atom. The zero-order valence-electron chi connectivity index (χ0n) is 13.4. The summed E-state index contributed by atoms with van der Waals surface area (Å²) in [6.07, 6.45) is 4.75. The molecule has 22 heavy (non-hydrogen) atoms. The van der Waals surface area contributed by atoms with Crippen LogP contribution in [0.1, 0.15) is 31.0 Å². The lowest BCUT2D eigenvalue weighted by Crippen LogP contribution is -2.41. The molecular weight excluding hydrogens is 296 g/mol. The van der Waals surface area contributed by atoms with Crippen molar-refractivity contribution in [3.63, 3.8) is 0 Å². The van der Waals surface area contributed by atoms with Crippen LogP contribution >= 0.6 is 11.3 Å². The lowest BCUT2D eigenvalue weighted by molar-refractivity contribution is -0.120. The Morgan fingerprint density at radius 1 is 1.45 bits per heavy atom. The van der Waals surface area contributed by atoms with Crippen molar-refractivity contribution < 1.29 is 4.79 Å². The Kier molecular flexibility index (Phi) is 6.15. The molecule has 0 saturated heterocycles. The Morgan fingerprint density at radius 3 is 2.91 bits per heavy atom. The van der Waals surface area contributed by atoms with Crippen LogP contribution in [0.3, 0.4) is 0 Å². The monoisotopic (exact) mass is 320 g/mol. The minimum atomic E-state index is 0.0333. The summed E-state index contributed by atoms with van der Waals surface area (Å²) >= 11 is 1.68. The van der Waals surface area contributed by atoms with Crippen LogP contribution in [-0.4, -0.2) is 34.8 Å². The van der Waals surface area contributed by atoms with Gasteiger partial charge in [0, 0.05) is 18.8 Å². The van der Waals surface area contributed by atoms with Gasteiger partial charge in [-0.25, -0.2) is 0 Å². The number of rotatable bonds is 8. The molecule has 2 atom stereocenters. The topological polar surface area (TPSA) is 59.0 Å². The molecule has 1 amide bonds. The number of hydrogen-bond donors (Lipinski definition) is 2. The molecule has 0 saturated carbocycles. The highest BCUT2D eigenvalue weighted by atomic mass is 32.1. The zero-order valence-corrected chi connectivity index (χ0v) is 14.2. The van der Waals surface area contributed by atoms with Crippen molar-refractivity contribution in [2.24, 2.45) is 0 Å². The maximum atomic E-state index is 11.8. The van der Waals surface area contributed by atoms with E-state index in [1.54, 1.807) is 11.3 Å². The van der Waals surface area contributed by atoms with E-state index in [1.165, 1.54) is 5.56 Å². The summed E-state index contributed by atoms with van der Waals surface area (Å²) in [5.41, 5.74) is 2.42. The Hall–Kier alpha value is -1.66. The molecule has 2 N–H and O–H groups in total. The molecule has 0 spiro atoms. The van der Waals surface area contributed by atoms with Gasteiger partial charge < -0.3 is 10.6 Å². The SMILES string of the molecule is Cc1cnn([C@@H](C)[C@@H](C)NCC(=O)NCCc2ccsc2)c1. The van der Waals surface area contributed by atoms with Crippen LogP contribution < -0.4 is 10.6 Å². The van der Waals surface area contributed by atoms with Crippen molar-refractivity contribution in [2.75, 3.05) is 13.1 Å². The largest absolute Gasteiger partial charge is 0.355 e. The van der Waals surface area contributed by atoms with E-state index >= 15 is 0 Å². The van der Waals surface area contributed by atoms with Crippen LogP contribution in [0.15, 0.2) is 29.2 Å². The first-order valence-corrected chi connectivity index (χ1v) is 8.52. The quantitative estimate of drug-likeness (QED) is 0.783.